The first-order chi connectivity index (χ1) is 8.18. The largest absolute Gasteiger partial charge is 0.466 e. The molecule has 1 saturated heterocycles. The first-order valence-corrected chi connectivity index (χ1v) is 6.63. The van der Waals surface area contributed by atoms with E-state index in [1.54, 1.807) is 0 Å². The highest BCUT2D eigenvalue weighted by atomic mass is 16.5. The van der Waals surface area contributed by atoms with Gasteiger partial charge in [-0.3, -0.25) is 4.79 Å². The molecule has 1 unspecified atom stereocenters. The molecule has 2 N–H and O–H groups in total. The third-order valence-corrected chi connectivity index (χ3v) is 3.80. The summed E-state index contributed by atoms with van der Waals surface area (Å²) < 4.78 is 10.5. The Morgan fingerprint density at radius 2 is 2.06 bits per heavy atom. The zero-order valence-corrected chi connectivity index (χ0v) is 11.0. The van der Waals surface area contributed by atoms with Crippen molar-refractivity contribution < 1.29 is 14.3 Å². The van der Waals surface area contributed by atoms with Crippen molar-refractivity contribution in [3.63, 3.8) is 0 Å². The maximum Gasteiger partial charge on any atom is 0.313 e. The van der Waals surface area contributed by atoms with Crippen LogP contribution in [0.25, 0.3) is 0 Å². The summed E-state index contributed by atoms with van der Waals surface area (Å²) in [6, 6.07) is 0. The molecule has 1 aliphatic heterocycles. The summed E-state index contributed by atoms with van der Waals surface area (Å²) >= 11 is 0. The minimum absolute atomic E-state index is 0.128. The Morgan fingerprint density at radius 3 is 2.53 bits per heavy atom. The zero-order chi connectivity index (χ0) is 12.7. The van der Waals surface area contributed by atoms with Crippen LogP contribution < -0.4 is 5.73 Å². The van der Waals surface area contributed by atoms with Crippen molar-refractivity contribution in [3.05, 3.63) is 0 Å². The Kier molecular flexibility index (Phi) is 5.92. The lowest BCUT2D eigenvalue weighted by Gasteiger charge is -2.34. The molecule has 0 aromatic heterocycles. The summed E-state index contributed by atoms with van der Waals surface area (Å²) in [4.78, 5) is 12.1. The highest BCUT2D eigenvalue weighted by Gasteiger charge is 2.39. The molecule has 0 bridgehead atoms. The van der Waals surface area contributed by atoms with Crippen molar-refractivity contribution in [2.45, 2.75) is 39.5 Å². The van der Waals surface area contributed by atoms with Crippen LogP contribution in [0, 0.1) is 11.3 Å². The molecule has 0 aromatic carbocycles. The Labute approximate surface area is 104 Å². The van der Waals surface area contributed by atoms with Crippen molar-refractivity contribution in [1.29, 1.82) is 0 Å². The molecule has 1 rings (SSSR count). The van der Waals surface area contributed by atoms with Gasteiger partial charge >= 0.3 is 5.97 Å². The van der Waals surface area contributed by atoms with Crippen molar-refractivity contribution in [3.8, 4) is 0 Å². The van der Waals surface area contributed by atoms with E-state index in [9.17, 15) is 4.79 Å². The molecule has 0 amide bonds. The average Bonchev–Trinajstić information content (AvgIpc) is 2.37. The fraction of sp³-hybridized carbons (Fsp3) is 0.923. The molecule has 1 heterocycles. The van der Waals surface area contributed by atoms with Gasteiger partial charge in [0.2, 0.25) is 0 Å². The van der Waals surface area contributed by atoms with Gasteiger partial charge in [0.25, 0.3) is 0 Å². The number of carbonyl (C=O) groups is 1. The summed E-state index contributed by atoms with van der Waals surface area (Å²) in [6.45, 7) is 6.26. The van der Waals surface area contributed by atoms with Gasteiger partial charge in [-0.1, -0.05) is 6.92 Å². The lowest BCUT2D eigenvalue weighted by molar-refractivity contribution is -0.156. The second kappa shape index (κ2) is 6.97. The minimum atomic E-state index is -0.488. The summed E-state index contributed by atoms with van der Waals surface area (Å²) in [5.41, 5.74) is 5.35. The molecule has 4 nitrogen and oxygen atoms in total. The second-order valence-electron chi connectivity index (χ2n) is 4.82. The van der Waals surface area contributed by atoms with E-state index in [1.807, 2.05) is 13.8 Å². The number of hydrogen-bond donors (Lipinski definition) is 1. The van der Waals surface area contributed by atoms with Gasteiger partial charge in [0.15, 0.2) is 0 Å². The number of nitrogens with two attached hydrogens (primary N) is 1. The van der Waals surface area contributed by atoms with E-state index < -0.39 is 5.41 Å². The molecule has 100 valence electrons. The molecule has 0 saturated carbocycles. The average molecular weight is 243 g/mol. The van der Waals surface area contributed by atoms with Gasteiger partial charge in [-0.05, 0) is 38.5 Å². The molecule has 0 radical (unpaired) electrons. The SMILES string of the molecule is CCOC(=O)C(CC)(CN)CC1CCOCC1. The number of ether oxygens (including phenoxy) is 2. The normalized spacial score (nSPS) is 20.9. The van der Waals surface area contributed by atoms with Crippen molar-refractivity contribution >= 4 is 5.97 Å². The van der Waals surface area contributed by atoms with E-state index in [0.29, 0.717) is 19.1 Å². The van der Waals surface area contributed by atoms with E-state index in [1.165, 1.54) is 0 Å². The maximum atomic E-state index is 12.1. The Bertz CT molecular complexity index is 233. The maximum absolute atomic E-state index is 12.1. The van der Waals surface area contributed by atoms with E-state index in [-0.39, 0.29) is 5.97 Å². The summed E-state index contributed by atoms with van der Waals surface area (Å²) in [5.74, 6) is 0.410. The van der Waals surface area contributed by atoms with Gasteiger partial charge in [0.05, 0.1) is 12.0 Å². The lowest BCUT2D eigenvalue weighted by Crippen LogP contribution is -2.42. The van der Waals surface area contributed by atoms with Crippen molar-refractivity contribution in [2.75, 3.05) is 26.4 Å². The van der Waals surface area contributed by atoms with E-state index >= 15 is 0 Å². The molecular weight excluding hydrogens is 218 g/mol. The fourth-order valence-corrected chi connectivity index (χ4v) is 2.47. The molecule has 0 aliphatic carbocycles. The summed E-state index contributed by atoms with van der Waals surface area (Å²) in [5, 5.41) is 0. The van der Waals surface area contributed by atoms with E-state index in [2.05, 4.69) is 0 Å². The smallest absolute Gasteiger partial charge is 0.313 e. The monoisotopic (exact) mass is 243 g/mol. The lowest BCUT2D eigenvalue weighted by atomic mass is 9.75. The molecule has 0 aromatic rings. The Balaban J connectivity index is 2.65. The van der Waals surface area contributed by atoms with Gasteiger partial charge in [0, 0.05) is 19.8 Å². The van der Waals surface area contributed by atoms with Gasteiger partial charge in [0.1, 0.15) is 0 Å². The van der Waals surface area contributed by atoms with Crippen molar-refractivity contribution in [1.82, 2.24) is 0 Å². The number of esters is 1. The third-order valence-electron chi connectivity index (χ3n) is 3.80. The topological polar surface area (TPSA) is 61.5 Å². The van der Waals surface area contributed by atoms with Crippen LogP contribution in [0.5, 0.6) is 0 Å². The molecule has 1 fully saturated rings. The molecule has 4 heteroatoms. The van der Waals surface area contributed by atoms with Crippen LogP contribution in [0.1, 0.15) is 39.5 Å². The van der Waals surface area contributed by atoms with Crippen LogP contribution in [-0.2, 0) is 14.3 Å². The Morgan fingerprint density at radius 1 is 1.41 bits per heavy atom. The standard InChI is InChI=1S/C13H25NO3/c1-3-13(10-14,12(15)17-4-2)9-11-5-7-16-8-6-11/h11H,3-10,14H2,1-2H3. The van der Waals surface area contributed by atoms with Gasteiger partial charge in [-0.2, -0.15) is 0 Å². The van der Waals surface area contributed by atoms with Crippen LogP contribution in [0.15, 0.2) is 0 Å². The number of carbonyl (C=O) groups excluding carboxylic acids is 1. The van der Waals surface area contributed by atoms with Gasteiger partial charge in [-0.25, -0.2) is 0 Å². The van der Waals surface area contributed by atoms with E-state index in [4.69, 9.17) is 15.2 Å². The molecule has 1 aliphatic rings. The third kappa shape index (κ3) is 3.68. The molecule has 0 spiro atoms. The fourth-order valence-electron chi connectivity index (χ4n) is 2.47. The molecule has 17 heavy (non-hydrogen) atoms. The van der Waals surface area contributed by atoms with Crippen LogP contribution in [0.2, 0.25) is 0 Å². The highest BCUT2D eigenvalue weighted by Crippen LogP contribution is 2.34. The van der Waals surface area contributed by atoms with Gasteiger partial charge < -0.3 is 15.2 Å². The summed E-state index contributed by atoms with van der Waals surface area (Å²) in [7, 11) is 0. The van der Waals surface area contributed by atoms with Crippen LogP contribution in [-0.4, -0.2) is 32.3 Å². The molecule has 1 atom stereocenters. The predicted octanol–water partition coefficient (Wildman–Crippen LogP) is 1.72. The Hall–Kier alpha value is -0.610. The second-order valence-corrected chi connectivity index (χ2v) is 4.82. The van der Waals surface area contributed by atoms with Crippen LogP contribution >= 0.6 is 0 Å². The quantitative estimate of drug-likeness (QED) is 0.722. The number of hydrogen-bond acceptors (Lipinski definition) is 4. The van der Waals surface area contributed by atoms with E-state index in [0.717, 1.165) is 38.9 Å². The van der Waals surface area contributed by atoms with Crippen molar-refractivity contribution in [2.24, 2.45) is 17.1 Å². The minimum Gasteiger partial charge on any atom is -0.466 e. The molecular formula is C13H25NO3. The van der Waals surface area contributed by atoms with Crippen LogP contribution in [0.4, 0.5) is 0 Å². The predicted molar refractivity (Wildman–Crippen MR) is 66.6 cm³/mol. The first kappa shape index (κ1) is 14.5. The zero-order valence-electron chi connectivity index (χ0n) is 11.0. The highest BCUT2D eigenvalue weighted by molar-refractivity contribution is 5.77. The van der Waals surface area contributed by atoms with Crippen LogP contribution in [0.3, 0.4) is 0 Å². The first-order valence-electron chi connectivity index (χ1n) is 6.63. The summed E-state index contributed by atoms with van der Waals surface area (Å²) in [6.07, 6.45) is 3.64. The number of rotatable bonds is 6. The van der Waals surface area contributed by atoms with Gasteiger partial charge in [-0.15, -0.1) is 0 Å².